The van der Waals surface area contributed by atoms with Gasteiger partial charge in [0.2, 0.25) is 0 Å². The first-order valence-corrected chi connectivity index (χ1v) is 6.41. The molecule has 84 valence electrons. The Kier molecular flexibility index (Phi) is 3.97. The minimum Gasteiger partial charge on any atom is -0.396 e. The Morgan fingerprint density at radius 2 is 2.27 bits per heavy atom. The molecule has 2 rings (SSSR count). The first kappa shape index (κ1) is 11.3. The molecule has 5 heteroatoms. The van der Waals surface area contributed by atoms with Crippen molar-refractivity contribution in [3.8, 4) is 0 Å². The molecular weight excluding hydrogens is 232 g/mol. The number of hydrogen-bond acceptors (Lipinski definition) is 4. The number of piperidine rings is 1. The van der Waals surface area contributed by atoms with Crippen molar-refractivity contribution in [2.75, 3.05) is 19.7 Å². The number of thiazole rings is 1. The molecule has 0 unspecified atom stereocenters. The number of aliphatic hydroxyl groups is 1. The molecular formula is C10H15ClN2OS. The quantitative estimate of drug-likeness (QED) is 0.886. The van der Waals surface area contributed by atoms with Gasteiger partial charge in [0, 0.05) is 24.2 Å². The molecule has 3 nitrogen and oxygen atoms in total. The first-order chi connectivity index (χ1) is 7.28. The Bertz CT molecular complexity index is 310. The van der Waals surface area contributed by atoms with Crippen LogP contribution in [0.4, 0.5) is 0 Å². The van der Waals surface area contributed by atoms with E-state index in [0.717, 1.165) is 32.5 Å². The largest absolute Gasteiger partial charge is 0.396 e. The van der Waals surface area contributed by atoms with Gasteiger partial charge in [-0.3, -0.25) is 4.90 Å². The van der Waals surface area contributed by atoms with Crippen LogP contribution in [0.5, 0.6) is 0 Å². The molecule has 0 aliphatic carbocycles. The lowest BCUT2D eigenvalue weighted by atomic mass is 9.98. The van der Waals surface area contributed by atoms with Gasteiger partial charge in [-0.15, -0.1) is 11.3 Å². The van der Waals surface area contributed by atoms with E-state index in [9.17, 15) is 0 Å². The fraction of sp³-hybridized carbons (Fsp3) is 0.700. The second-order valence-electron chi connectivity index (χ2n) is 3.98. The minimum atomic E-state index is 0.334. The van der Waals surface area contributed by atoms with Crippen LogP contribution in [0.15, 0.2) is 6.20 Å². The lowest BCUT2D eigenvalue weighted by Crippen LogP contribution is -2.34. The van der Waals surface area contributed by atoms with E-state index in [2.05, 4.69) is 9.88 Å². The predicted octanol–water partition coefficient (Wildman–Crippen LogP) is 2.00. The molecule has 1 aliphatic rings. The summed E-state index contributed by atoms with van der Waals surface area (Å²) in [7, 11) is 0. The Morgan fingerprint density at radius 3 is 2.80 bits per heavy atom. The van der Waals surface area contributed by atoms with Gasteiger partial charge in [-0.05, 0) is 31.8 Å². The number of halogens is 1. The highest BCUT2D eigenvalue weighted by atomic mass is 35.5. The lowest BCUT2D eigenvalue weighted by Gasteiger charge is -2.30. The van der Waals surface area contributed by atoms with Gasteiger partial charge in [-0.1, -0.05) is 11.6 Å². The molecule has 0 bridgehead atoms. The monoisotopic (exact) mass is 246 g/mol. The number of likely N-dealkylation sites (tertiary alicyclic amines) is 1. The maximum atomic E-state index is 9.03. The van der Waals surface area contributed by atoms with Crippen molar-refractivity contribution >= 4 is 22.9 Å². The van der Waals surface area contributed by atoms with Crippen molar-refractivity contribution in [1.82, 2.24) is 9.88 Å². The van der Waals surface area contributed by atoms with Crippen LogP contribution in [0.1, 0.15) is 17.7 Å². The summed E-state index contributed by atoms with van der Waals surface area (Å²) in [4.78, 5) is 7.65. The highest BCUT2D eigenvalue weighted by Gasteiger charge is 2.18. The van der Waals surface area contributed by atoms with Gasteiger partial charge in [0.05, 0.1) is 0 Å². The molecule has 0 atom stereocenters. The summed E-state index contributed by atoms with van der Waals surface area (Å²) in [5.74, 6) is 0.506. The van der Waals surface area contributed by atoms with Crippen LogP contribution >= 0.6 is 22.9 Å². The van der Waals surface area contributed by atoms with Crippen LogP contribution in [0.25, 0.3) is 0 Å². The van der Waals surface area contributed by atoms with E-state index in [1.165, 1.54) is 4.88 Å². The topological polar surface area (TPSA) is 36.4 Å². The molecule has 0 spiro atoms. The molecule has 0 saturated carbocycles. The molecule has 2 heterocycles. The second kappa shape index (κ2) is 5.25. The molecule has 15 heavy (non-hydrogen) atoms. The van der Waals surface area contributed by atoms with Crippen molar-refractivity contribution < 1.29 is 5.11 Å². The predicted molar refractivity (Wildman–Crippen MR) is 62.2 cm³/mol. The maximum absolute atomic E-state index is 9.03. The number of rotatable bonds is 3. The molecule has 0 radical (unpaired) electrons. The Hall–Kier alpha value is -0.160. The Labute approximate surface area is 98.7 Å². The van der Waals surface area contributed by atoms with Gasteiger partial charge in [-0.2, -0.15) is 0 Å². The third-order valence-corrected chi connectivity index (χ3v) is 3.97. The van der Waals surface area contributed by atoms with Gasteiger partial charge in [0.15, 0.2) is 4.47 Å². The van der Waals surface area contributed by atoms with Crippen molar-refractivity contribution in [3.05, 3.63) is 15.5 Å². The summed E-state index contributed by atoms with van der Waals surface area (Å²) >= 11 is 7.33. The molecule has 0 amide bonds. The Morgan fingerprint density at radius 1 is 1.53 bits per heavy atom. The van der Waals surface area contributed by atoms with E-state index in [-0.39, 0.29) is 0 Å². The van der Waals surface area contributed by atoms with E-state index >= 15 is 0 Å². The summed E-state index contributed by atoms with van der Waals surface area (Å²) in [6, 6.07) is 0. The SMILES string of the molecule is OCC1CCN(Cc2cnc(Cl)s2)CC1. The number of aromatic nitrogens is 1. The Balaban J connectivity index is 1.82. The molecule has 1 aromatic heterocycles. The summed E-state index contributed by atoms with van der Waals surface area (Å²) in [5, 5.41) is 9.03. The third-order valence-electron chi connectivity index (χ3n) is 2.87. The first-order valence-electron chi connectivity index (χ1n) is 5.21. The molecule has 1 fully saturated rings. The zero-order valence-corrected chi connectivity index (χ0v) is 10.1. The van der Waals surface area contributed by atoms with E-state index < -0.39 is 0 Å². The van der Waals surface area contributed by atoms with Gasteiger partial charge < -0.3 is 5.11 Å². The molecule has 1 saturated heterocycles. The van der Waals surface area contributed by atoms with E-state index in [0.29, 0.717) is 17.0 Å². The zero-order valence-electron chi connectivity index (χ0n) is 8.53. The van der Waals surface area contributed by atoms with E-state index in [4.69, 9.17) is 16.7 Å². The van der Waals surface area contributed by atoms with Crippen LogP contribution in [-0.2, 0) is 6.54 Å². The van der Waals surface area contributed by atoms with Crippen LogP contribution in [0, 0.1) is 5.92 Å². The van der Waals surface area contributed by atoms with Crippen molar-refractivity contribution in [3.63, 3.8) is 0 Å². The van der Waals surface area contributed by atoms with Crippen molar-refractivity contribution in [2.24, 2.45) is 5.92 Å². The zero-order chi connectivity index (χ0) is 10.7. The van der Waals surface area contributed by atoms with Gasteiger partial charge >= 0.3 is 0 Å². The molecule has 1 N–H and O–H groups in total. The van der Waals surface area contributed by atoms with Crippen LogP contribution < -0.4 is 0 Å². The summed E-state index contributed by atoms with van der Waals surface area (Å²) in [6.45, 7) is 3.42. The van der Waals surface area contributed by atoms with E-state index in [1.54, 1.807) is 11.3 Å². The van der Waals surface area contributed by atoms with Gasteiger partial charge in [-0.25, -0.2) is 4.98 Å². The lowest BCUT2D eigenvalue weighted by molar-refractivity contribution is 0.128. The van der Waals surface area contributed by atoms with Gasteiger partial charge in [0.1, 0.15) is 0 Å². The number of aliphatic hydroxyl groups excluding tert-OH is 1. The fourth-order valence-electron chi connectivity index (χ4n) is 1.90. The molecule has 1 aliphatic heterocycles. The third kappa shape index (κ3) is 3.14. The summed E-state index contributed by atoms with van der Waals surface area (Å²) in [5.41, 5.74) is 0. The van der Waals surface area contributed by atoms with Crippen molar-refractivity contribution in [1.29, 1.82) is 0 Å². The van der Waals surface area contributed by atoms with Crippen LogP contribution in [-0.4, -0.2) is 34.7 Å². The van der Waals surface area contributed by atoms with Crippen LogP contribution in [0.2, 0.25) is 4.47 Å². The smallest absolute Gasteiger partial charge is 0.183 e. The normalized spacial score (nSPS) is 19.6. The van der Waals surface area contributed by atoms with Crippen molar-refractivity contribution in [2.45, 2.75) is 19.4 Å². The second-order valence-corrected chi connectivity index (χ2v) is 5.68. The van der Waals surface area contributed by atoms with Crippen LogP contribution in [0.3, 0.4) is 0 Å². The average Bonchev–Trinajstić information content (AvgIpc) is 2.65. The molecule has 0 aromatic carbocycles. The summed E-state index contributed by atoms with van der Waals surface area (Å²) in [6.07, 6.45) is 4.05. The highest BCUT2D eigenvalue weighted by molar-refractivity contribution is 7.15. The average molecular weight is 247 g/mol. The van der Waals surface area contributed by atoms with E-state index in [1.807, 2.05) is 6.20 Å². The number of nitrogens with zero attached hydrogens (tertiary/aromatic N) is 2. The van der Waals surface area contributed by atoms with Gasteiger partial charge in [0.25, 0.3) is 0 Å². The standard InChI is InChI=1S/C10H15ClN2OS/c11-10-12-5-9(15-10)6-13-3-1-8(7-14)2-4-13/h5,8,14H,1-4,6-7H2. The summed E-state index contributed by atoms with van der Waals surface area (Å²) < 4.78 is 0.621. The maximum Gasteiger partial charge on any atom is 0.183 e. The highest BCUT2D eigenvalue weighted by Crippen LogP contribution is 2.22. The fourth-order valence-corrected chi connectivity index (χ4v) is 2.92. The minimum absolute atomic E-state index is 0.334. The molecule has 1 aromatic rings. The number of hydrogen-bond donors (Lipinski definition) is 1.